The molecule has 1 saturated carbocycles. The second-order valence-corrected chi connectivity index (χ2v) is 7.63. The van der Waals surface area contributed by atoms with E-state index in [4.69, 9.17) is 4.98 Å². The Bertz CT molecular complexity index is 1100. The summed E-state index contributed by atoms with van der Waals surface area (Å²) in [4.78, 5) is 9.44. The van der Waals surface area contributed by atoms with Crippen LogP contribution in [0.15, 0.2) is 42.9 Å². The van der Waals surface area contributed by atoms with E-state index in [-0.39, 0.29) is 5.82 Å². The minimum absolute atomic E-state index is 0.252. The molecule has 6 heteroatoms. The monoisotopic (exact) mass is 432 g/mol. The topological polar surface area (TPSA) is 34.6 Å². The Morgan fingerprint density at radius 3 is 2.88 bits per heavy atom. The molecule has 0 N–H and O–H groups in total. The van der Waals surface area contributed by atoms with Crippen molar-refractivity contribution < 1.29 is 4.39 Å². The van der Waals surface area contributed by atoms with E-state index in [2.05, 4.69) is 57.2 Å². The molecule has 1 aliphatic rings. The number of rotatable bonds is 2. The third kappa shape index (κ3) is 2.16. The maximum Gasteiger partial charge on any atom is 0.139 e. The highest BCUT2D eigenvalue weighted by Gasteiger charge is 2.43. The fourth-order valence-electron chi connectivity index (χ4n) is 3.49. The van der Waals surface area contributed by atoms with E-state index in [9.17, 15) is 4.39 Å². The molecule has 0 radical (unpaired) electrons. The van der Waals surface area contributed by atoms with E-state index in [1.807, 2.05) is 10.6 Å². The lowest BCUT2D eigenvalue weighted by atomic mass is 10.2. The summed E-state index contributed by atoms with van der Waals surface area (Å²) in [6.45, 7) is 2.12. The normalized spacial score (nSPS) is 20.1. The van der Waals surface area contributed by atoms with Crippen LogP contribution in [0.2, 0.25) is 0 Å². The van der Waals surface area contributed by atoms with E-state index in [0.717, 1.165) is 23.5 Å². The Kier molecular flexibility index (Phi) is 3.01. The van der Waals surface area contributed by atoms with Crippen molar-refractivity contribution in [1.82, 2.24) is 18.8 Å². The van der Waals surface area contributed by atoms with E-state index >= 15 is 0 Å². The fraction of sp³-hybridized carbons (Fsp3) is 0.222. The average molecular weight is 432 g/mol. The summed E-state index contributed by atoms with van der Waals surface area (Å²) in [5.74, 6) is 0.519. The van der Waals surface area contributed by atoms with Crippen LogP contribution in [0.4, 0.5) is 4.39 Å². The van der Waals surface area contributed by atoms with Crippen molar-refractivity contribution in [3.8, 4) is 0 Å². The number of nitrogens with zero attached hydrogens (tertiary/aromatic N) is 4. The van der Waals surface area contributed by atoms with Crippen LogP contribution >= 0.6 is 22.6 Å². The third-order valence-electron chi connectivity index (χ3n) is 4.83. The largest absolute Gasteiger partial charge is 0.307 e. The van der Waals surface area contributed by atoms with Gasteiger partial charge in [-0.1, -0.05) is 0 Å². The Hall–Kier alpha value is -1.96. The fourth-order valence-corrected chi connectivity index (χ4v) is 3.93. The summed E-state index contributed by atoms with van der Waals surface area (Å²) in [6, 6.07) is 7.12. The molecule has 2 atom stereocenters. The van der Waals surface area contributed by atoms with Crippen LogP contribution in [0, 0.1) is 16.3 Å². The van der Waals surface area contributed by atoms with Crippen LogP contribution in [-0.4, -0.2) is 18.8 Å². The van der Waals surface area contributed by atoms with Crippen molar-refractivity contribution in [3.63, 3.8) is 0 Å². The molecular formula is C18H14FIN4. The first-order chi connectivity index (χ1) is 11.6. The van der Waals surface area contributed by atoms with Crippen molar-refractivity contribution in [3.05, 3.63) is 69.3 Å². The highest BCUT2D eigenvalue weighted by atomic mass is 127. The summed E-state index contributed by atoms with van der Waals surface area (Å²) in [5.41, 5.74) is 5.04. The Balaban J connectivity index is 1.52. The van der Waals surface area contributed by atoms with Gasteiger partial charge in [0.15, 0.2) is 0 Å². The minimum Gasteiger partial charge on any atom is -0.307 e. The average Bonchev–Trinajstić information content (AvgIpc) is 3.13. The lowest BCUT2D eigenvalue weighted by Gasteiger charge is -1.98. The molecule has 120 valence electrons. The summed E-state index contributed by atoms with van der Waals surface area (Å²) < 4.78 is 18.6. The van der Waals surface area contributed by atoms with Gasteiger partial charge in [0.2, 0.25) is 0 Å². The molecular weight excluding hydrogens is 418 g/mol. The van der Waals surface area contributed by atoms with Gasteiger partial charge in [0.25, 0.3) is 0 Å². The van der Waals surface area contributed by atoms with E-state index in [0.29, 0.717) is 17.5 Å². The van der Waals surface area contributed by atoms with E-state index in [1.54, 1.807) is 6.20 Å². The molecule has 1 aliphatic carbocycles. The maximum absolute atomic E-state index is 13.3. The van der Waals surface area contributed by atoms with Crippen LogP contribution in [0.1, 0.15) is 35.3 Å². The van der Waals surface area contributed by atoms with Crippen molar-refractivity contribution in [2.75, 3.05) is 0 Å². The lowest BCUT2D eigenvalue weighted by Crippen LogP contribution is -1.90. The number of halogens is 2. The molecule has 4 aromatic rings. The van der Waals surface area contributed by atoms with Crippen molar-refractivity contribution >= 4 is 33.9 Å². The number of pyridine rings is 2. The Labute approximate surface area is 151 Å². The van der Waals surface area contributed by atoms with Gasteiger partial charge in [0.05, 0.1) is 11.4 Å². The van der Waals surface area contributed by atoms with Gasteiger partial charge in [-0.2, -0.15) is 0 Å². The van der Waals surface area contributed by atoms with Gasteiger partial charge in [-0.25, -0.2) is 14.4 Å². The molecule has 4 nitrogen and oxygen atoms in total. The first-order valence-corrected chi connectivity index (χ1v) is 8.96. The number of fused-ring (bicyclic) bond motifs is 2. The molecule has 0 saturated heterocycles. The van der Waals surface area contributed by atoms with Crippen LogP contribution in [0.3, 0.4) is 0 Å². The first-order valence-electron chi connectivity index (χ1n) is 7.88. The molecule has 24 heavy (non-hydrogen) atoms. The molecule has 2 unspecified atom stereocenters. The summed E-state index contributed by atoms with van der Waals surface area (Å²) in [7, 11) is 0. The van der Waals surface area contributed by atoms with Gasteiger partial charge in [-0.15, -0.1) is 0 Å². The predicted octanol–water partition coefficient (Wildman–Crippen LogP) is 4.31. The lowest BCUT2D eigenvalue weighted by molar-refractivity contribution is 0.626. The van der Waals surface area contributed by atoms with Crippen LogP contribution in [0.25, 0.3) is 11.3 Å². The summed E-state index contributed by atoms with van der Waals surface area (Å²) >= 11 is 2.31. The third-order valence-corrected chi connectivity index (χ3v) is 5.50. The zero-order valence-electron chi connectivity index (χ0n) is 12.9. The summed E-state index contributed by atoms with van der Waals surface area (Å²) in [6.07, 6.45) is 6.85. The minimum atomic E-state index is -0.252. The zero-order chi connectivity index (χ0) is 16.4. The number of aryl methyl sites for hydroxylation is 1. The highest BCUT2D eigenvalue weighted by molar-refractivity contribution is 14.1. The van der Waals surface area contributed by atoms with E-state index in [1.165, 1.54) is 21.4 Å². The molecule has 1 fully saturated rings. The maximum atomic E-state index is 13.3. The molecule has 4 aromatic heterocycles. The Morgan fingerprint density at radius 1 is 1.12 bits per heavy atom. The van der Waals surface area contributed by atoms with Crippen molar-refractivity contribution in [2.45, 2.75) is 25.2 Å². The second kappa shape index (κ2) is 5.02. The molecule has 0 amide bonds. The SMILES string of the molecule is Cc1c(C2CC2c2cn3ccc(F)cc3n2)nc2cc(I)ccn12. The predicted molar refractivity (Wildman–Crippen MR) is 97.9 cm³/mol. The van der Waals surface area contributed by atoms with E-state index < -0.39 is 0 Å². The Morgan fingerprint density at radius 2 is 2.00 bits per heavy atom. The van der Waals surface area contributed by atoms with Crippen molar-refractivity contribution in [2.24, 2.45) is 0 Å². The number of imidazole rings is 2. The zero-order valence-corrected chi connectivity index (χ0v) is 15.1. The molecule has 0 spiro atoms. The second-order valence-electron chi connectivity index (χ2n) is 6.38. The standard InChI is InChI=1S/C18H14FIN4/c1-10-18(22-17-7-12(20)3-5-24(10)17)14-8-13(14)15-9-23-4-2-11(19)6-16(23)21-15/h2-7,9,13-14H,8H2,1H3. The van der Waals surface area contributed by atoms with Gasteiger partial charge >= 0.3 is 0 Å². The van der Waals surface area contributed by atoms with Crippen molar-refractivity contribution in [1.29, 1.82) is 0 Å². The molecule has 0 bridgehead atoms. The van der Waals surface area contributed by atoms with Gasteiger partial charge in [-0.05, 0) is 54.1 Å². The van der Waals surface area contributed by atoms with Gasteiger partial charge in [0, 0.05) is 45.8 Å². The van der Waals surface area contributed by atoms with Gasteiger partial charge in [-0.3, -0.25) is 0 Å². The van der Waals surface area contributed by atoms with Crippen LogP contribution in [-0.2, 0) is 0 Å². The first kappa shape index (κ1) is 14.4. The number of aromatic nitrogens is 4. The number of hydrogen-bond acceptors (Lipinski definition) is 2. The van der Waals surface area contributed by atoms with Gasteiger partial charge in [0.1, 0.15) is 17.1 Å². The molecule has 0 aliphatic heterocycles. The molecule has 4 heterocycles. The molecule has 0 aromatic carbocycles. The number of hydrogen-bond donors (Lipinski definition) is 0. The quantitative estimate of drug-likeness (QED) is 0.443. The summed E-state index contributed by atoms with van der Waals surface area (Å²) in [5, 5.41) is 0. The van der Waals surface area contributed by atoms with Crippen LogP contribution < -0.4 is 0 Å². The van der Waals surface area contributed by atoms with Gasteiger partial charge < -0.3 is 8.80 Å². The van der Waals surface area contributed by atoms with Crippen LogP contribution in [0.5, 0.6) is 0 Å². The molecule has 5 rings (SSSR count). The smallest absolute Gasteiger partial charge is 0.139 e. The highest BCUT2D eigenvalue weighted by Crippen LogP contribution is 2.54.